The number of aromatic nitrogens is 1. The number of benzene rings is 2. The van der Waals surface area contributed by atoms with Crippen molar-refractivity contribution in [1.82, 2.24) is 10.3 Å². The number of nitrogens with zero attached hydrogens (tertiary/aromatic N) is 2. The van der Waals surface area contributed by atoms with E-state index in [1.54, 1.807) is 18.2 Å². The summed E-state index contributed by atoms with van der Waals surface area (Å²) in [5.74, 6) is 0.761. The van der Waals surface area contributed by atoms with E-state index >= 15 is 0 Å². The fraction of sp³-hybridized carbons (Fsp3) is 0.308. The molecule has 1 saturated heterocycles. The number of piperidine rings is 1. The first-order valence-electron chi connectivity index (χ1n) is 11.1. The Bertz CT molecular complexity index is 1050. The van der Waals surface area contributed by atoms with Crippen LogP contribution in [0.3, 0.4) is 0 Å². The lowest BCUT2D eigenvalue weighted by atomic mass is 10.1. The summed E-state index contributed by atoms with van der Waals surface area (Å²) < 4.78 is 19.8. The van der Waals surface area contributed by atoms with E-state index in [0.29, 0.717) is 23.7 Å². The number of likely N-dealkylation sites (N-methyl/N-ethyl adjacent to an activating group) is 1. The first-order valence-corrected chi connectivity index (χ1v) is 11.1. The zero-order valence-electron chi connectivity index (χ0n) is 18.8. The number of halogens is 2. The van der Waals surface area contributed by atoms with Crippen molar-refractivity contribution >= 4 is 5.91 Å². The Kier molecular flexibility index (Phi) is 8.80. The van der Waals surface area contributed by atoms with Crippen molar-refractivity contribution in [3.8, 4) is 22.8 Å². The van der Waals surface area contributed by atoms with E-state index in [0.717, 1.165) is 22.3 Å². The number of hydrogen-bond acceptors (Lipinski definition) is 3. The lowest BCUT2D eigenvalue weighted by Crippen LogP contribution is -3.00. The van der Waals surface area contributed by atoms with E-state index in [2.05, 4.69) is 17.3 Å². The molecule has 0 atom stereocenters. The van der Waals surface area contributed by atoms with Gasteiger partial charge in [-0.2, -0.15) is 0 Å². The summed E-state index contributed by atoms with van der Waals surface area (Å²) in [6.45, 7) is 3.96. The van der Waals surface area contributed by atoms with Crippen molar-refractivity contribution in [3.63, 3.8) is 0 Å². The van der Waals surface area contributed by atoms with Gasteiger partial charge in [0.1, 0.15) is 23.0 Å². The number of likely N-dealkylation sites (tertiary alicyclic amines) is 1. The largest absolute Gasteiger partial charge is 1.00 e. The average Bonchev–Trinajstić information content (AvgIpc) is 2.81. The molecule has 0 saturated carbocycles. The van der Waals surface area contributed by atoms with Crippen LogP contribution >= 0.6 is 0 Å². The highest BCUT2D eigenvalue weighted by Crippen LogP contribution is 2.25. The van der Waals surface area contributed by atoms with E-state index in [9.17, 15) is 9.18 Å². The number of ether oxygens (including phenoxy) is 1. The average molecular weight is 561 g/mol. The van der Waals surface area contributed by atoms with Gasteiger partial charge < -0.3 is 38.5 Å². The minimum Gasteiger partial charge on any atom is -1.00 e. The van der Waals surface area contributed by atoms with Crippen molar-refractivity contribution in [2.45, 2.75) is 19.3 Å². The summed E-state index contributed by atoms with van der Waals surface area (Å²) in [6, 6.07) is 18.8. The van der Waals surface area contributed by atoms with Crippen molar-refractivity contribution in [2.75, 3.05) is 33.2 Å². The minimum absolute atomic E-state index is 0. The summed E-state index contributed by atoms with van der Waals surface area (Å²) in [5.41, 5.74) is 2.02. The normalized spacial score (nSPS) is 14.7. The van der Waals surface area contributed by atoms with Crippen molar-refractivity contribution < 1.29 is 42.4 Å². The molecule has 1 N–H and O–H groups in total. The molecule has 0 unspecified atom stereocenters. The molecule has 7 heteroatoms. The van der Waals surface area contributed by atoms with Gasteiger partial charge in [0.25, 0.3) is 5.91 Å². The van der Waals surface area contributed by atoms with Crippen molar-refractivity contribution in [2.24, 2.45) is 0 Å². The van der Waals surface area contributed by atoms with E-state index < -0.39 is 0 Å². The third-order valence-corrected chi connectivity index (χ3v) is 6.01. The van der Waals surface area contributed by atoms with Gasteiger partial charge in [0.05, 0.1) is 38.9 Å². The highest BCUT2D eigenvalue weighted by atomic mass is 127. The Labute approximate surface area is 211 Å². The van der Waals surface area contributed by atoms with Crippen LogP contribution in [0.5, 0.6) is 11.5 Å². The molecule has 5 nitrogen and oxygen atoms in total. The minimum atomic E-state index is -0.301. The Morgan fingerprint density at radius 1 is 0.970 bits per heavy atom. The van der Waals surface area contributed by atoms with E-state index in [4.69, 9.17) is 4.74 Å². The second kappa shape index (κ2) is 11.6. The number of nitrogens with one attached hydrogen (secondary N) is 1. The molecule has 2 aromatic carbocycles. The summed E-state index contributed by atoms with van der Waals surface area (Å²) >= 11 is 0. The molecule has 174 valence electrons. The standard InChI is InChI=1S/C26H28FN3O2.HI/c1-30(17-3-2-4-18-30)19-16-28-26(31)25-7-5-6-24(29-25)20-8-12-22(13-9-20)32-23-14-10-21(27)11-15-23;/h5-15H,2-4,16-19H2,1H3;1H. The number of hydrogen-bond donors (Lipinski definition) is 1. The predicted molar refractivity (Wildman–Crippen MR) is 123 cm³/mol. The van der Waals surface area contributed by atoms with Crippen LogP contribution in [-0.4, -0.2) is 48.6 Å². The SMILES string of the molecule is C[N+]1(CCNC(=O)c2cccc(-c3ccc(Oc4ccc(F)cc4)cc3)n2)CCCCC1.[I-]. The number of carbonyl (C=O) groups excluding carboxylic acids is 1. The molecule has 1 amide bonds. The van der Waals surface area contributed by atoms with Crippen molar-refractivity contribution in [1.29, 1.82) is 0 Å². The number of amides is 1. The molecular weight excluding hydrogens is 532 g/mol. The van der Waals surface area contributed by atoms with Gasteiger partial charge in [-0.3, -0.25) is 4.79 Å². The monoisotopic (exact) mass is 561 g/mol. The van der Waals surface area contributed by atoms with Crippen LogP contribution in [0.25, 0.3) is 11.3 Å². The summed E-state index contributed by atoms with van der Waals surface area (Å²) in [6.07, 6.45) is 3.85. The highest BCUT2D eigenvalue weighted by molar-refractivity contribution is 5.92. The summed E-state index contributed by atoms with van der Waals surface area (Å²) in [5, 5.41) is 3.03. The number of pyridine rings is 1. The molecule has 1 fully saturated rings. The fourth-order valence-corrected chi connectivity index (χ4v) is 4.08. The van der Waals surface area contributed by atoms with E-state index in [1.165, 1.54) is 44.5 Å². The number of quaternary nitrogens is 1. The quantitative estimate of drug-likeness (QED) is 0.355. The molecule has 0 bridgehead atoms. The Morgan fingerprint density at radius 2 is 1.61 bits per heavy atom. The maximum atomic E-state index is 13.0. The Hall–Kier alpha value is -2.52. The van der Waals surface area contributed by atoms with Crippen LogP contribution in [0, 0.1) is 5.82 Å². The molecular formula is C26H29FIN3O2. The van der Waals surface area contributed by atoms with Crippen LogP contribution < -0.4 is 34.0 Å². The molecule has 4 rings (SSSR count). The molecule has 3 aromatic rings. The smallest absolute Gasteiger partial charge is 0.270 e. The predicted octanol–water partition coefficient (Wildman–Crippen LogP) is 2.04. The van der Waals surface area contributed by atoms with Crippen LogP contribution in [0.4, 0.5) is 4.39 Å². The third kappa shape index (κ3) is 6.98. The van der Waals surface area contributed by atoms with Crippen LogP contribution in [0.2, 0.25) is 0 Å². The van der Waals surface area contributed by atoms with Gasteiger partial charge >= 0.3 is 0 Å². The summed E-state index contributed by atoms with van der Waals surface area (Å²) in [4.78, 5) is 17.2. The molecule has 0 spiro atoms. The van der Waals surface area contributed by atoms with Crippen LogP contribution in [-0.2, 0) is 0 Å². The molecule has 33 heavy (non-hydrogen) atoms. The van der Waals surface area contributed by atoms with Gasteiger partial charge in [-0.1, -0.05) is 6.07 Å². The first kappa shape index (κ1) is 25.1. The topological polar surface area (TPSA) is 51.2 Å². The molecule has 1 aromatic heterocycles. The van der Waals surface area contributed by atoms with Gasteiger partial charge in [0.2, 0.25) is 0 Å². The lowest BCUT2D eigenvalue weighted by Gasteiger charge is -2.37. The maximum Gasteiger partial charge on any atom is 0.270 e. The molecule has 2 heterocycles. The van der Waals surface area contributed by atoms with Gasteiger partial charge in [-0.25, -0.2) is 9.37 Å². The molecule has 1 aliphatic heterocycles. The van der Waals surface area contributed by atoms with E-state index in [-0.39, 0.29) is 35.7 Å². The number of carbonyl (C=O) groups is 1. The lowest BCUT2D eigenvalue weighted by molar-refractivity contribution is -0.912. The van der Waals surface area contributed by atoms with E-state index in [1.807, 2.05) is 36.4 Å². The summed E-state index contributed by atoms with van der Waals surface area (Å²) in [7, 11) is 2.27. The first-order chi connectivity index (χ1) is 15.5. The van der Waals surface area contributed by atoms with Crippen LogP contribution in [0.15, 0.2) is 66.7 Å². The fourth-order valence-electron chi connectivity index (χ4n) is 4.08. The Morgan fingerprint density at radius 3 is 2.27 bits per heavy atom. The third-order valence-electron chi connectivity index (χ3n) is 6.01. The highest BCUT2D eigenvalue weighted by Gasteiger charge is 2.24. The number of rotatable bonds is 7. The molecule has 1 aliphatic rings. The van der Waals surface area contributed by atoms with Gasteiger partial charge in [0.15, 0.2) is 0 Å². The maximum absolute atomic E-state index is 13.0. The second-order valence-electron chi connectivity index (χ2n) is 8.60. The second-order valence-corrected chi connectivity index (χ2v) is 8.60. The van der Waals surface area contributed by atoms with Crippen molar-refractivity contribution in [3.05, 3.63) is 78.2 Å². The van der Waals surface area contributed by atoms with Gasteiger partial charge in [0, 0.05) is 5.56 Å². The van der Waals surface area contributed by atoms with Gasteiger partial charge in [-0.05, 0) is 79.9 Å². The zero-order valence-corrected chi connectivity index (χ0v) is 20.9. The van der Waals surface area contributed by atoms with Gasteiger partial charge in [-0.15, -0.1) is 0 Å². The zero-order chi connectivity index (χ0) is 22.4. The Balaban J connectivity index is 0.00000306. The molecule has 0 radical (unpaired) electrons. The van der Waals surface area contributed by atoms with Crippen LogP contribution in [0.1, 0.15) is 29.8 Å². The molecule has 0 aliphatic carbocycles.